The summed E-state index contributed by atoms with van der Waals surface area (Å²) in [5.74, 6) is -0.829. The summed E-state index contributed by atoms with van der Waals surface area (Å²) in [6.45, 7) is 2.37. The maximum atomic E-state index is 11.3. The fourth-order valence-electron chi connectivity index (χ4n) is 1.84. The van der Waals surface area contributed by atoms with Gasteiger partial charge in [0.05, 0.1) is 4.99 Å². The van der Waals surface area contributed by atoms with E-state index in [-0.39, 0.29) is 0 Å². The van der Waals surface area contributed by atoms with E-state index in [9.17, 15) is 9.90 Å². The van der Waals surface area contributed by atoms with E-state index in [1.54, 1.807) is 0 Å². The molecule has 1 aromatic rings. The molecule has 0 fully saturated rings. The molecule has 1 rings (SSSR count). The molecule has 0 saturated heterocycles. The number of benzene rings is 1. The lowest BCUT2D eigenvalue weighted by molar-refractivity contribution is -0.138. The van der Waals surface area contributed by atoms with Crippen LogP contribution in [0.15, 0.2) is 30.3 Å². The molecule has 0 radical (unpaired) electrons. The molecule has 1 atom stereocenters. The fourth-order valence-corrected chi connectivity index (χ4v) is 1.93. The lowest BCUT2D eigenvalue weighted by Gasteiger charge is -2.30. The first kappa shape index (κ1) is 14.4. The zero-order valence-corrected chi connectivity index (χ0v) is 11.2. The minimum Gasteiger partial charge on any atom is -0.480 e. The monoisotopic (exact) mass is 266 g/mol. The van der Waals surface area contributed by atoms with Crippen molar-refractivity contribution in [3.8, 4) is 0 Å². The molecule has 1 unspecified atom stereocenters. The minimum absolute atomic E-state index is 0.399. The van der Waals surface area contributed by atoms with Gasteiger partial charge in [-0.2, -0.15) is 0 Å². The van der Waals surface area contributed by atoms with Crippen molar-refractivity contribution in [2.75, 3.05) is 11.4 Å². The van der Waals surface area contributed by atoms with Gasteiger partial charge < -0.3 is 15.7 Å². The van der Waals surface area contributed by atoms with Crippen LogP contribution in [0.5, 0.6) is 0 Å². The van der Waals surface area contributed by atoms with E-state index in [2.05, 4.69) is 0 Å². The Hall–Kier alpha value is -1.62. The van der Waals surface area contributed by atoms with Crippen LogP contribution in [0.1, 0.15) is 19.8 Å². The van der Waals surface area contributed by atoms with Crippen LogP contribution in [0, 0.1) is 0 Å². The number of anilines is 1. The highest BCUT2D eigenvalue weighted by atomic mass is 32.1. The molecule has 0 saturated carbocycles. The van der Waals surface area contributed by atoms with Crippen molar-refractivity contribution >= 4 is 28.9 Å². The second kappa shape index (κ2) is 6.96. The highest BCUT2D eigenvalue weighted by Crippen LogP contribution is 2.18. The molecule has 0 aliphatic heterocycles. The number of para-hydroxylation sites is 1. The molecule has 0 spiro atoms. The normalized spacial score (nSPS) is 11.8. The SMILES string of the molecule is CCC(C(=O)O)N(CCC(N)=S)c1ccccc1. The molecular weight excluding hydrogens is 248 g/mol. The zero-order valence-electron chi connectivity index (χ0n) is 10.4. The third-order valence-electron chi connectivity index (χ3n) is 2.73. The average Bonchev–Trinajstić information content (AvgIpc) is 2.34. The van der Waals surface area contributed by atoms with Gasteiger partial charge in [-0.15, -0.1) is 0 Å². The minimum atomic E-state index is -0.829. The third-order valence-corrected chi connectivity index (χ3v) is 2.94. The van der Waals surface area contributed by atoms with Crippen LogP contribution in [0.25, 0.3) is 0 Å². The molecule has 0 aliphatic rings. The number of rotatable bonds is 7. The molecule has 1 aromatic carbocycles. The Bertz CT molecular complexity index is 409. The van der Waals surface area contributed by atoms with Gasteiger partial charge in [0.2, 0.25) is 0 Å². The number of nitrogens with two attached hydrogens (primary N) is 1. The second-order valence-corrected chi connectivity index (χ2v) is 4.53. The van der Waals surface area contributed by atoms with E-state index >= 15 is 0 Å². The molecule has 5 heteroatoms. The van der Waals surface area contributed by atoms with Gasteiger partial charge in [-0.3, -0.25) is 0 Å². The molecule has 0 aromatic heterocycles. The predicted octanol–water partition coefficient (Wildman–Crippen LogP) is 2.03. The topological polar surface area (TPSA) is 66.6 Å². The first-order valence-corrected chi connectivity index (χ1v) is 6.30. The molecule has 0 aliphatic carbocycles. The summed E-state index contributed by atoms with van der Waals surface area (Å²) in [5.41, 5.74) is 6.37. The summed E-state index contributed by atoms with van der Waals surface area (Å²) < 4.78 is 0. The number of hydrogen-bond acceptors (Lipinski definition) is 3. The van der Waals surface area contributed by atoms with Crippen molar-refractivity contribution in [3.63, 3.8) is 0 Å². The van der Waals surface area contributed by atoms with Crippen molar-refractivity contribution in [2.24, 2.45) is 5.73 Å². The largest absolute Gasteiger partial charge is 0.480 e. The summed E-state index contributed by atoms with van der Waals surface area (Å²) in [6, 6.07) is 8.91. The Morgan fingerprint density at radius 1 is 1.44 bits per heavy atom. The van der Waals surface area contributed by atoms with E-state index in [1.165, 1.54) is 0 Å². The van der Waals surface area contributed by atoms with Crippen LogP contribution in [0.2, 0.25) is 0 Å². The number of carboxylic acids is 1. The molecule has 0 amide bonds. The van der Waals surface area contributed by atoms with Crippen molar-refractivity contribution in [2.45, 2.75) is 25.8 Å². The average molecular weight is 266 g/mol. The van der Waals surface area contributed by atoms with E-state index in [4.69, 9.17) is 18.0 Å². The van der Waals surface area contributed by atoms with Gasteiger partial charge in [0.15, 0.2) is 0 Å². The van der Waals surface area contributed by atoms with Crippen LogP contribution < -0.4 is 10.6 Å². The Balaban J connectivity index is 2.94. The Morgan fingerprint density at radius 2 is 2.06 bits per heavy atom. The molecule has 0 heterocycles. The highest BCUT2D eigenvalue weighted by molar-refractivity contribution is 7.80. The summed E-state index contributed by atoms with van der Waals surface area (Å²) in [4.78, 5) is 13.5. The predicted molar refractivity (Wildman–Crippen MR) is 76.9 cm³/mol. The number of carbonyl (C=O) groups is 1. The molecule has 3 N–H and O–H groups in total. The van der Waals surface area contributed by atoms with Crippen molar-refractivity contribution in [1.82, 2.24) is 0 Å². The van der Waals surface area contributed by atoms with Gasteiger partial charge >= 0.3 is 5.97 Å². The quantitative estimate of drug-likeness (QED) is 0.739. The van der Waals surface area contributed by atoms with Crippen molar-refractivity contribution < 1.29 is 9.90 Å². The fraction of sp³-hybridized carbons (Fsp3) is 0.385. The maximum absolute atomic E-state index is 11.3. The summed E-state index contributed by atoms with van der Waals surface area (Å²) in [6.07, 6.45) is 1.04. The highest BCUT2D eigenvalue weighted by Gasteiger charge is 2.23. The molecule has 0 bridgehead atoms. The Morgan fingerprint density at radius 3 is 2.50 bits per heavy atom. The Labute approximate surface area is 112 Å². The van der Waals surface area contributed by atoms with E-state index in [0.29, 0.717) is 24.4 Å². The summed E-state index contributed by atoms with van der Waals surface area (Å²) >= 11 is 4.86. The molecule has 4 nitrogen and oxygen atoms in total. The van der Waals surface area contributed by atoms with E-state index in [0.717, 1.165) is 5.69 Å². The number of nitrogens with zero attached hydrogens (tertiary/aromatic N) is 1. The van der Waals surface area contributed by atoms with Crippen LogP contribution in [-0.2, 0) is 4.79 Å². The number of thiocarbonyl (C=S) groups is 1. The van der Waals surface area contributed by atoms with Crippen LogP contribution in [0.3, 0.4) is 0 Å². The van der Waals surface area contributed by atoms with Gasteiger partial charge in [-0.05, 0) is 18.6 Å². The van der Waals surface area contributed by atoms with Crippen molar-refractivity contribution in [1.29, 1.82) is 0 Å². The summed E-state index contributed by atoms with van der Waals surface area (Å²) in [7, 11) is 0. The Kier molecular flexibility index (Phi) is 5.58. The maximum Gasteiger partial charge on any atom is 0.326 e. The first-order chi connectivity index (χ1) is 8.56. The van der Waals surface area contributed by atoms with Gasteiger partial charge in [0, 0.05) is 18.7 Å². The van der Waals surface area contributed by atoms with Gasteiger partial charge in [-0.1, -0.05) is 37.3 Å². The second-order valence-electron chi connectivity index (χ2n) is 4.01. The van der Waals surface area contributed by atoms with Crippen LogP contribution in [-0.4, -0.2) is 28.7 Å². The number of hydrogen-bond donors (Lipinski definition) is 2. The molecular formula is C13H18N2O2S. The van der Waals surface area contributed by atoms with Crippen LogP contribution in [0.4, 0.5) is 5.69 Å². The van der Waals surface area contributed by atoms with Gasteiger partial charge in [-0.25, -0.2) is 4.79 Å². The number of carboxylic acid groups (broad SMARTS) is 1. The van der Waals surface area contributed by atoms with Gasteiger partial charge in [0.1, 0.15) is 6.04 Å². The van der Waals surface area contributed by atoms with Crippen molar-refractivity contribution in [3.05, 3.63) is 30.3 Å². The molecule has 98 valence electrons. The van der Waals surface area contributed by atoms with E-state index < -0.39 is 12.0 Å². The lowest BCUT2D eigenvalue weighted by Crippen LogP contribution is -2.42. The zero-order chi connectivity index (χ0) is 13.5. The van der Waals surface area contributed by atoms with Crippen LogP contribution >= 0.6 is 12.2 Å². The van der Waals surface area contributed by atoms with Gasteiger partial charge in [0.25, 0.3) is 0 Å². The third kappa shape index (κ3) is 4.00. The van der Waals surface area contributed by atoms with E-state index in [1.807, 2.05) is 42.2 Å². The standard InChI is InChI=1S/C13H18N2O2S/c1-2-11(13(16)17)15(9-8-12(14)18)10-6-4-3-5-7-10/h3-7,11H,2,8-9H2,1H3,(H2,14,18)(H,16,17). The number of aliphatic carboxylic acids is 1. The summed E-state index contributed by atoms with van der Waals surface area (Å²) in [5, 5.41) is 9.26. The first-order valence-electron chi connectivity index (χ1n) is 5.89. The molecule has 18 heavy (non-hydrogen) atoms. The lowest BCUT2D eigenvalue weighted by atomic mass is 10.1. The smallest absolute Gasteiger partial charge is 0.326 e.